The van der Waals surface area contributed by atoms with Crippen LogP contribution in [0, 0.1) is 0 Å². The lowest BCUT2D eigenvalue weighted by atomic mass is 9.94. The first-order valence-corrected chi connectivity index (χ1v) is 12.5. The largest absolute Gasteiger partial charge is 0.493 e. The van der Waals surface area contributed by atoms with Crippen molar-refractivity contribution in [3.63, 3.8) is 0 Å². The molecule has 4 aromatic rings. The molecule has 0 spiro atoms. The number of methoxy groups -OCH3 is 2. The second-order valence-electron chi connectivity index (χ2n) is 8.81. The van der Waals surface area contributed by atoms with Crippen LogP contribution in [-0.4, -0.2) is 35.8 Å². The van der Waals surface area contributed by atoms with Crippen molar-refractivity contribution in [3.05, 3.63) is 106 Å². The molecule has 9 nitrogen and oxygen atoms in total. The topological polar surface area (TPSA) is 107 Å². The number of allylic oxidation sites excluding steroid dienone is 1. The van der Waals surface area contributed by atoms with Crippen LogP contribution in [0.1, 0.15) is 28.9 Å². The molecule has 3 N–H and O–H groups in total. The highest BCUT2D eigenvalue weighted by Gasteiger charge is 2.36. The molecule has 1 aromatic heterocycles. The Balaban J connectivity index is 1.58. The normalized spacial score (nSPS) is 14.2. The summed E-state index contributed by atoms with van der Waals surface area (Å²) in [4.78, 5) is 26.9. The quantitative estimate of drug-likeness (QED) is 0.275. The van der Waals surface area contributed by atoms with E-state index in [4.69, 9.17) is 21.1 Å². The zero-order chi connectivity index (χ0) is 27.5. The van der Waals surface area contributed by atoms with Crippen molar-refractivity contribution in [2.75, 3.05) is 30.2 Å². The van der Waals surface area contributed by atoms with Gasteiger partial charge in [0.15, 0.2) is 11.5 Å². The van der Waals surface area contributed by atoms with E-state index in [9.17, 15) is 9.59 Å². The number of benzene rings is 3. The van der Waals surface area contributed by atoms with Crippen molar-refractivity contribution in [1.82, 2.24) is 9.78 Å². The molecule has 1 aliphatic rings. The van der Waals surface area contributed by atoms with E-state index >= 15 is 0 Å². The Hall–Kier alpha value is -4.76. The van der Waals surface area contributed by atoms with E-state index in [2.05, 4.69) is 21.0 Å². The van der Waals surface area contributed by atoms with E-state index in [-0.39, 0.29) is 11.8 Å². The van der Waals surface area contributed by atoms with Gasteiger partial charge in [0.05, 0.1) is 26.0 Å². The number of carbonyl (C=O) groups is 2. The van der Waals surface area contributed by atoms with Gasteiger partial charge in [-0.1, -0.05) is 35.9 Å². The molecule has 39 heavy (non-hydrogen) atoms. The van der Waals surface area contributed by atoms with Crippen molar-refractivity contribution in [3.8, 4) is 11.5 Å². The molecule has 5 rings (SSSR count). The summed E-state index contributed by atoms with van der Waals surface area (Å²) in [5, 5.41) is 14.2. The van der Waals surface area contributed by atoms with Gasteiger partial charge in [0.25, 0.3) is 11.8 Å². The molecule has 0 radical (unpaired) electrons. The number of aromatic nitrogens is 2. The van der Waals surface area contributed by atoms with Gasteiger partial charge in [0.2, 0.25) is 0 Å². The van der Waals surface area contributed by atoms with Crippen molar-refractivity contribution in [2.45, 2.75) is 13.0 Å². The fraction of sp³-hybridized carbons (Fsp3) is 0.138. The van der Waals surface area contributed by atoms with Crippen LogP contribution in [0.2, 0.25) is 5.02 Å². The number of ether oxygens (including phenoxy) is 2. The Kier molecular flexibility index (Phi) is 7.25. The van der Waals surface area contributed by atoms with Crippen LogP contribution in [0.4, 0.5) is 17.2 Å². The van der Waals surface area contributed by atoms with Crippen LogP contribution in [0.25, 0.3) is 0 Å². The summed E-state index contributed by atoms with van der Waals surface area (Å²) in [5.74, 6) is 0.844. The number of anilines is 3. The lowest BCUT2D eigenvalue weighted by Gasteiger charge is -2.30. The minimum Gasteiger partial charge on any atom is -0.493 e. The average molecular weight is 544 g/mol. The van der Waals surface area contributed by atoms with Crippen molar-refractivity contribution < 1.29 is 19.1 Å². The molecule has 1 unspecified atom stereocenters. The van der Waals surface area contributed by atoms with Crippen LogP contribution in [0.3, 0.4) is 0 Å². The van der Waals surface area contributed by atoms with E-state index < -0.39 is 6.04 Å². The first kappa shape index (κ1) is 25.9. The first-order chi connectivity index (χ1) is 18.9. The highest BCUT2D eigenvalue weighted by molar-refractivity contribution is 6.30. The molecule has 0 saturated carbocycles. The molecule has 1 atom stereocenters. The third-order valence-electron chi connectivity index (χ3n) is 6.37. The molecule has 10 heteroatoms. The third kappa shape index (κ3) is 5.17. The van der Waals surface area contributed by atoms with Gasteiger partial charge >= 0.3 is 0 Å². The Labute approximate surface area is 230 Å². The van der Waals surface area contributed by atoms with Gasteiger partial charge in [0.1, 0.15) is 17.4 Å². The Morgan fingerprint density at radius 1 is 0.897 bits per heavy atom. The molecule has 3 aromatic carbocycles. The average Bonchev–Trinajstić information content (AvgIpc) is 3.37. The molecule has 1 aliphatic heterocycles. The van der Waals surface area contributed by atoms with Gasteiger partial charge < -0.3 is 25.4 Å². The predicted octanol–water partition coefficient (Wildman–Crippen LogP) is 5.73. The maximum atomic E-state index is 13.7. The van der Waals surface area contributed by atoms with Gasteiger partial charge in [-0.2, -0.15) is 5.10 Å². The second kappa shape index (κ2) is 10.9. The van der Waals surface area contributed by atoms with Crippen molar-refractivity contribution in [2.24, 2.45) is 0 Å². The van der Waals surface area contributed by atoms with Crippen molar-refractivity contribution in [1.29, 1.82) is 0 Å². The van der Waals surface area contributed by atoms with Crippen LogP contribution in [0.5, 0.6) is 11.5 Å². The Morgan fingerprint density at radius 2 is 1.56 bits per heavy atom. The molecule has 2 amide bonds. The number of nitrogens with zero attached hydrogens (tertiary/aromatic N) is 2. The highest BCUT2D eigenvalue weighted by atomic mass is 35.5. The van der Waals surface area contributed by atoms with Crippen LogP contribution >= 0.6 is 11.6 Å². The molecular formula is C29H26ClN5O4. The van der Waals surface area contributed by atoms with Crippen molar-refractivity contribution >= 4 is 40.6 Å². The smallest absolute Gasteiger partial charge is 0.261 e. The summed E-state index contributed by atoms with van der Waals surface area (Å²) in [6.07, 6.45) is 1.49. The van der Waals surface area contributed by atoms with Gasteiger partial charge in [-0.15, -0.1) is 0 Å². The number of rotatable bonds is 7. The number of hydrogen-bond acceptors (Lipinski definition) is 6. The zero-order valence-electron chi connectivity index (χ0n) is 21.5. The number of carbonyl (C=O) groups excluding carboxylic acids is 2. The first-order valence-electron chi connectivity index (χ1n) is 12.1. The molecular weight excluding hydrogens is 518 g/mol. The number of nitrogens with one attached hydrogen (secondary N) is 3. The summed E-state index contributed by atoms with van der Waals surface area (Å²) >= 11 is 6.01. The van der Waals surface area contributed by atoms with E-state index in [1.165, 1.54) is 6.20 Å². The summed E-state index contributed by atoms with van der Waals surface area (Å²) < 4.78 is 12.6. The summed E-state index contributed by atoms with van der Waals surface area (Å²) in [7, 11) is 3.10. The summed E-state index contributed by atoms with van der Waals surface area (Å²) in [6, 6.07) is 20.7. The minimum absolute atomic E-state index is 0.331. The predicted molar refractivity (Wildman–Crippen MR) is 151 cm³/mol. The van der Waals surface area contributed by atoms with E-state index in [0.717, 1.165) is 0 Å². The van der Waals surface area contributed by atoms with E-state index in [1.807, 2.05) is 24.3 Å². The number of fused-ring (bicyclic) bond motifs is 1. The van der Waals surface area contributed by atoms with Gasteiger partial charge in [-0.05, 0) is 61.0 Å². The lowest BCUT2D eigenvalue weighted by Crippen LogP contribution is -2.32. The van der Waals surface area contributed by atoms with Gasteiger partial charge in [-0.3, -0.25) is 9.59 Å². The molecule has 0 saturated heterocycles. The van der Waals surface area contributed by atoms with Gasteiger partial charge in [-0.25, -0.2) is 4.68 Å². The fourth-order valence-electron chi connectivity index (χ4n) is 4.50. The SMILES string of the molecule is COc1ccc(C2C(C(=O)Nc3ccc(Cl)cc3)=C(C)Nc3c(C(=O)Nc4ccccc4)cnn32)cc1OC. The third-order valence-corrected chi connectivity index (χ3v) is 6.62. The maximum absolute atomic E-state index is 13.7. The van der Waals surface area contributed by atoms with Crippen LogP contribution < -0.4 is 25.4 Å². The number of para-hydroxylation sites is 1. The molecule has 0 fully saturated rings. The molecule has 198 valence electrons. The van der Waals surface area contributed by atoms with Crippen LogP contribution in [0.15, 0.2) is 90.3 Å². The summed E-state index contributed by atoms with van der Waals surface area (Å²) in [5.41, 5.74) is 3.29. The number of amides is 2. The Bertz CT molecular complexity index is 1560. The monoisotopic (exact) mass is 543 g/mol. The number of halogens is 1. The Morgan fingerprint density at radius 3 is 2.26 bits per heavy atom. The molecule has 0 bridgehead atoms. The minimum atomic E-state index is -0.674. The lowest BCUT2D eigenvalue weighted by molar-refractivity contribution is -0.113. The van der Waals surface area contributed by atoms with E-state index in [1.54, 1.807) is 74.4 Å². The fourth-order valence-corrected chi connectivity index (χ4v) is 4.62. The molecule has 0 aliphatic carbocycles. The summed E-state index contributed by atoms with van der Waals surface area (Å²) in [6.45, 7) is 1.79. The van der Waals surface area contributed by atoms with E-state index in [0.29, 0.717) is 56.1 Å². The van der Waals surface area contributed by atoms with Crippen LogP contribution in [-0.2, 0) is 4.79 Å². The van der Waals surface area contributed by atoms with Gasteiger partial charge in [0, 0.05) is 22.1 Å². The maximum Gasteiger partial charge on any atom is 0.261 e. The second-order valence-corrected chi connectivity index (χ2v) is 9.25. The zero-order valence-corrected chi connectivity index (χ0v) is 22.2. The number of hydrogen-bond donors (Lipinski definition) is 3. The standard InChI is InChI=1S/C29H26ClN5O4/c1-17-25(29(37)34-21-12-10-19(30)11-13-21)26(18-9-14-23(38-2)24(15-18)39-3)35-27(32-17)22(16-31-35)28(36)33-20-7-5-4-6-8-20/h4-16,26,32H,1-3H3,(H,33,36)(H,34,37). The highest BCUT2D eigenvalue weighted by Crippen LogP contribution is 2.40. The molecule has 2 heterocycles.